The first kappa shape index (κ1) is 28.1. The van der Waals surface area contributed by atoms with Crippen molar-refractivity contribution in [3.63, 3.8) is 0 Å². The Bertz CT molecular complexity index is 1780. The van der Waals surface area contributed by atoms with E-state index in [-0.39, 0.29) is 11.6 Å². The lowest BCUT2D eigenvalue weighted by molar-refractivity contribution is -0.192. The predicted molar refractivity (Wildman–Crippen MR) is 145 cm³/mol. The van der Waals surface area contributed by atoms with Crippen molar-refractivity contribution in [2.75, 3.05) is 6.54 Å². The number of fused-ring (bicyclic) bond motifs is 2. The summed E-state index contributed by atoms with van der Waals surface area (Å²) in [6.45, 7) is 2.92. The van der Waals surface area contributed by atoms with Crippen LogP contribution in [0.4, 0.5) is 13.2 Å². The summed E-state index contributed by atoms with van der Waals surface area (Å²) in [4.78, 5) is 27.4. The smallest absolute Gasteiger partial charge is 0.475 e. The lowest BCUT2D eigenvalue weighted by Crippen LogP contribution is -2.30. The van der Waals surface area contributed by atoms with E-state index in [1.165, 1.54) is 0 Å². The number of aliphatic carboxylic acids is 1. The number of nitrogens with zero attached hydrogens (tertiary/aromatic N) is 4. The van der Waals surface area contributed by atoms with Crippen LogP contribution in [0.1, 0.15) is 24.1 Å². The Morgan fingerprint density at radius 3 is 2.25 bits per heavy atom. The SMILES string of the molecule is CC(CN)n1c(=O)c(-c2cn(Cc3ccc(C#N)cc3)c3ccccc23)nc2ccccc21.O=C(O)C(F)(F)F. The zero-order valence-electron chi connectivity index (χ0n) is 21.3. The molecular weight excluding hydrogens is 523 g/mol. The summed E-state index contributed by atoms with van der Waals surface area (Å²) in [6, 6.07) is 25.2. The molecular formula is C29H24F3N5O3. The van der Waals surface area contributed by atoms with E-state index >= 15 is 0 Å². The summed E-state index contributed by atoms with van der Waals surface area (Å²) < 4.78 is 35.6. The number of para-hydroxylation sites is 3. The molecule has 3 N–H and O–H groups in total. The molecule has 204 valence electrons. The molecule has 2 aromatic heterocycles. The van der Waals surface area contributed by atoms with Crippen LogP contribution in [-0.2, 0) is 11.3 Å². The van der Waals surface area contributed by atoms with Gasteiger partial charge in [0, 0.05) is 41.8 Å². The molecule has 3 aromatic carbocycles. The first-order valence-corrected chi connectivity index (χ1v) is 12.1. The van der Waals surface area contributed by atoms with Gasteiger partial charge in [0.15, 0.2) is 0 Å². The van der Waals surface area contributed by atoms with Crippen LogP contribution in [0.3, 0.4) is 0 Å². The van der Waals surface area contributed by atoms with E-state index in [2.05, 4.69) is 10.6 Å². The van der Waals surface area contributed by atoms with Gasteiger partial charge in [0.2, 0.25) is 0 Å². The monoisotopic (exact) mass is 547 g/mol. The van der Waals surface area contributed by atoms with Gasteiger partial charge in [0.25, 0.3) is 5.56 Å². The number of nitriles is 1. The minimum Gasteiger partial charge on any atom is -0.475 e. The first-order chi connectivity index (χ1) is 19.0. The predicted octanol–water partition coefficient (Wildman–Crippen LogP) is 5.09. The summed E-state index contributed by atoms with van der Waals surface area (Å²) in [6.07, 6.45) is -3.08. The zero-order chi connectivity index (χ0) is 29.0. The topological polar surface area (TPSA) is 127 Å². The molecule has 0 aliphatic heterocycles. The van der Waals surface area contributed by atoms with Gasteiger partial charge in [-0.25, -0.2) is 9.78 Å². The highest BCUT2D eigenvalue weighted by Crippen LogP contribution is 2.30. The van der Waals surface area contributed by atoms with E-state index in [1.54, 1.807) is 4.57 Å². The summed E-state index contributed by atoms with van der Waals surface area (Å²) in [5.41, 5.74) is 11.3. The van der Waals surface area contributed by atoms with Gasteiger partial charge in [-0.05, 0) is 42.8 Å². The molecule has 0 saturated heterocycles. The highest BCUT2D eigenvalue weighted by molar-refractivity contribution is 5.96. The van der Waals surface area contributed by atoms with Crippen molar-refractivity contribution in [2.45, 2.75) is 25.7 Å². The number of carbonyl (C=O) groups is 1. The quantitative estimate of drug-likeness (QED) is 0.316. The molecule has 0 spiro atoms. The minimum absolute atomic E-state index is 0.145. The number of halogens is 3. The van der Waals surface area contributed by atoms with Gasteiger partial charge in [0.05, 0.1) is 22.7 Å². The Morgan fingerprint density at radius 1 is 1.05 bits per heavy atom. The molecule has 2 heterocycles. The fourth-order valence-corrected chi connectivity index (χ4v) is 4.32. The van der Waals surface area contributed by atoms with E-state index in [0.29, 0.717) is 24.3 Å². The number of carboxylic acids is 1. The molecule has 0 saturated carbocycles. The number of alkyl halides is 3. The van der Waals surface area contributed by atoms with E-state index in [0.717, 1.165) is 33.1 Å². The van der Waals surface area contributed by atoms with Crippen molar-refractivity contribution in [1.29, 1.82) is 5.26 Å². The normalized spacial score (nSPS) is 12.0. The second kappa shape index (κ2) is 11.4. The number of hydrogen-bond acceptors (Lipinski definition) is 5. The Morgan fingerprint density at radius 2 is 1.65 bits per heavy atom. The summed E-state index contributed by atoms with van der Waals surface area (Å²) in [7, 11) is 0. The van der Waals surface area contributed by atoms with Gasteiger partial charge in [-0.15, -0.1) is 0 Å². The van der Waals surface area contributed by atoms with Crippen molar-refractivity contribution < 1.29 is 23.1 Å². The summed E-state index contributed by atoms with van der Waals surface area (Å²) >= 11 is 0. The van der Waals surface area contributed by atoms with Crippen molar-refractivity contribution in [1.82, 2.24) is 14.1 Å². The maximum atomic E-state index is 13.7. The lowest BCUT2D eigenvalue weighted by atomic mass is 10.1. The van der Waals surface area contributed by atoms with Crippen LogP contribution < -0.4 is 11.3 Å². The van der Waals surface area contributed by atoms with Crippen molar-refractivity contribution in [2.24, 2.45) is 5.73 Å². The van der Waals surface area contributed by atoms with Crippen LogP contribution >= 0.6 is 0 Å². The largest absolute Gasteiger partial charge is 0.490 e. The van der Waals surface area contributed by atoms with Crippen molar-refractivity contribution in [3.05, 3.63) is 100 Å². The highest BCUT2D eigenvalue weighted by Gasteiger charge is 2.38. The number of aromatic nitrogens is 3. The molecule has 0 amide bonds. The number of carboxylic acid groups (broad SMARTS) is 1. The Labute approximate surface area is 226 Å². The van der Waals surface area contributed by atoms with Gasteiger partial charge in [0.1, 0.15) is 5.69 Å². The summed E-state index contributed by atoms with van der Waals surface area (Å²) in [5.74, 6) is -2.76. The van der Waals surface area contributed by atoms with E-state index < -0.39 is 12.1 Å². The molecule has 0 fully saturated rings. The number of rotatable bonds is 5. The maximum Gasteiger partial charge on any atom is 0.490 e. The van der Waals surface area contributed by atoms with Crippen molar-refractivity contribution in [3.8, 4) is 17.3 Å². The third-order valence-corrected chi connectivity index (χ3v) is 6.30. The second-order valence-electron chi connectivity index (χ2n) is 9.01. The zero-order valence-corrected chi connectivity index (χ0v) is 21.3. The van der Waals surface area contributed by atoms with Crippen LogP contribution in [0.15, 0.2) is 83.8 Å². The Kier molecular flexibility index (Phi) is 8.02. The summed E-state index contributed by atoms with van der Waals surface area (Å²) in [5, 5.41) is 17.2. The van der Waals surface area contributed by atoms with Crippen LogP contribution in [0.5, 0.6) is 0 Å². The average Bonchev–Trinajstić information content (AvgIpc) is 3.30. The third-order valence-electron chi connectivity index (χ3n) is 6.30. The minimum atomic E-state index is -5.08. The number of hydrogen-bond donors (Lipinski definition) is 2. The van der Waals surface area contributed by atoms with E-state index in [9.17, 15) is 18.0 Å². The van der Waals surface area contributed by atoms with Crippen LogP contribution in [0.25, 0.3) is 33.2 Å². The van der Waals surface area contributed by atoms with E-state index in [4.69, 9.17) is 25.9 Å². The second-order valence-corrected chi connectivity index (χ2v) is 9.01. The highest BCUT2D eigenvalue weighted by atomic mass is 19.4. The van der Waals surface area contributed by atoms with Gasteiger partial charge in [-0.1, -0.05) is 42.5 Å². The molecule has 8 nitrogen and oxygen atoms in total. The molecule has 0 radical (unpaired) electrons. The molecule has 0 aliphatic carbocycles. The van der Waals surface area contributed by atoms with Crippen molar-refractivity contribution >= 4 is 27.9 Å². The fourth-order valence-electron chi connectivity index (χ4n) is 4.32. The average molecular weight is 548 g/mol. The molecule has 0 aliphatic rings. The molecule has 5 aromatic rings. The van der Waals surface area contributed by atoms with Crippen LogP contribution in [0, 0.1) is 11.3 Å². The van der Waals surface area contributed by atoms with Crippen LogP contribution in [-0.4, -0.2) is 37.9 Å². The standard InChI is InChI=1S/C27H23N5O.C2HF3O2/c1-18(14-28)32-25-9-5-3-7-23(25)30-26(27(32)33)22-17-31(24-8-4-2-6-21(22)24)16-20-12-10-19(15-29)11-13-20;3-2(4,5)1(6)7/h2-13,17-18H,14,16,28H2,1H3;(H,6,7). The van der Waals surface area contributed by atoms with Gasteiger partial charge < -0.3 is 20.0 Å². The molecule has 1 atom stereocenters. The first-order valence-electron chi connectivity index (χ1n) is 12.1. The third kappa shape index (κ3) is 5.72. The fraction of sp³-hybridized carbons (Fsp3) is 0.172. The number of benzene rings is 3. The van der Waals surface area contributed by atoms with Gasteiger partial charge in [-0.3, -0.25) is 4.79 Å². The molecule has 5 rings (SSSR count). The van der Waals surface area contributed by atoms with Gasteiger partial charge in [-0.2, -0.15) is 18.4 Å². The molecule has 40 heavy (non-hydrogen) atoms. The molecule has 11 heteroatoms. The lowest BCUT2D eigenvalue weighted by Gasteiger charge is -2.17. The number of nitrogens with two attached hydrogens (primary N) is 1. The van der Waals surface area contributed by atoms with Crippen LogP contribution in [0.2, 0.25) is 0 Å². The molecule has 1 unspecified atom stereocenters. The Hall–Kier alpha value is -4.95. The maximum absolute atomic E-state index is 13.7. The molecule has 0 bridgehead atoms. The van der Waals surface area contributed by atoms with Gasteiger partial charge >= 0.3 is 12.1 Å². The van der Waals surface area contributed by atoms with E-state index in [1.807, 2.05) is 85.9 Å². The Balaban J connectivity index is 0.000000470.